The minimum absolute atomic E-state index is 0.0840. The van der Waals surface area contributed by atoms with Gasteiger partial charge in [0.05, 0.1) is 10.9 Å². The van der Waals surface area contributed by atoms with Crippen LogP contribution in [0.15, 0.2) is 49.1 Å². The second-order valence-electron chi connectivity index (χ2n) is 5.45. The summed E-state index contributed by atoms with van der Waals surface area (Å²) >= 11 is 7.43. The Balaban J connectivity index is 1.69. The number of amides is 1. The van der Waals surface area contributed by atoms with Gasteiger partial charge in [-0.15, -0.1) is 17.9 Å². The van der Waals surface area contributed by atoms with Crippen molar-refractivity contribution in [1.82, 2.24) is 4.90 Å². The minimum atomic E-state index is -0.0840. The lowest BCUT2D eigenvalue weighted by molar-refractivity contribution is -0.126. The Kier molecular flexibility index (Phi) is 5.79. The van der Waals surface area contributed by atoms with E-state index < -0.39 is 0 Å². The fraction of sp³-hybridized carbons (Fsp3) is 0.211. The molecule has 130 valence electrons. The highest BCUT2D eigenvalue weighted by Gasteiger charge is 2.13. The van der Waals surface area contributed by atoms with Gasteiger partial charge in [-0.25, -0.2) is 0 Å². The fourth-order valence-corrected chi connectivity index (χ4v) is 3.55. The second kappa shape index (κ2) is 8.23. The Morgan fingerprint density at radius 1 is 1.24 bits per heavy atom. The first-order chi connectivity index (χ1) is 12.2. The molecule has 0 atom stereocenters. The van der Waals surface area contributed by atoms with Gasteiger partial charge in [0.15, 0.2) is 11.5 Å². The van der Waals surface area contributed by atoms with Crippen LogP contribution in [0.25, 0.3) is 6.08 Å². The summed E-state index contributed by atoms with van der Waals surface area (Å²) in [5.41, 5.74) is 0.885. The van der Waals surface area contributed by atoms with E-state index in [1.807, 2.05) is 30.3 Å². The molecule has 25 heavy (non-hydrogen) atoms. The van der Waals surface area contributed by atoms with Crippen LogP contribution in [0.3, 0.4) is 0 Å². The predicted molar refractivity (Wildman–Crippen MR) is 101 cm³/mol. The van der Waals surface area contributed by atoms with E-state index >= 15 is 0 Å². The zero-order chi connectivity index (χ0) is 17.6. The summed E-state index contributed by atoms with van der Waals surface area (Å²) in [6.45, 7) is 5.80. The van der Waals surface area contributed by atoms with Crippen molar-refractivity contribution in [1.29, 1.82) is 0 Å². The molecular formula is C19H18ClNO3S. The van der Waals surface area contributed by atoms with E-state index in [2.05, 4.69) is 6.58 Å². The third kappa shape index (κ3) is 4.65. The van der Waals surface area contributed by atoms with Gasteiger partial charge < -0.3 is 14.4 Å². The monoisotopic (exact) mass is 375 g/mol. The highest BCUT2D eigenvalue weighted by molar-refractivity contribution is 7.16. The summed E-state index contributed by atoms with van der Waals surface area (Å²) in [5.74, 6) is 1.36. The van der Waals surface area contributed by atoms with E-state index in [0.29, 0.717) is 36.4 Å². The molecule has 0 fully saturated rings. The van der Waals surface area contributed by atoms with Crippen molar-refractivity contribution in [3.63, 3.8) is 0 Å². The van der Waals surface area contributed by atoms with Gasteiger partial charge in [0.1, 0.15) is 13.2 Å². The third-order valence-electron chi connectivity index (χ3n) is 3.62. The second-order valence-corrected chi connectivity index (χ2v) is 7.25. The first-order valence-electron chi connectivity index (χ1n) is 7.87. The Hall–Kier alpha value is -2.24. The van der Waals surface area contributed by atoms with Crippen LogP contribution in [0.4, 0.5) is 0 Å². The highest BCUT2D eigenvalue weighted by atomic mass is 35.5. The van der Waals surface area contributed by atoms with Crippen LogP contribution in [0, 0.1) is 0 Å². The third-order valence-corrected chi connectivity index (χ3v) is 4.84. The summed E-state index contributed by atoms with van der Waals surface area (Å²) in [7, 11) is 0. The van der Waals surface area contributed by atoms with Crippen molar-refractivity contribution >= 4 is 34.9 Å². The normalized spacial score (nSPS) is 13.0. The minimum Gasteiger partial charge on any atom is -0.486 e. The van der Waals surface area contributed by atoms with Gasteiger partial charge in [0.25, 0.3) is 0 Å². The Bertz CT molecular complexity index is 800. The molecule has 1 aliphatic rings. The maximum atomic E-state index is 12.5. The maximum Gasteiger partial charge on any atom is 0.247 e. The van der Waals surface area contributed by atoms with Crippen molar-refractivity contribution in [3.8, 4) is 11.5 Å². The zero-order valence-corrected chi connectivity index (χ0v) is 15.2. The van der Waals surface area contributed by atoms with Gasteiger partial charge >= 0.3 is 0 Å². The lowest BCUT2D eigenvalue weighted by atomic mass is 10.1. The number of hydrogen-bond donors (Lipinski definition) is 0. The lowest BCUT2D eigenvalue weighted by Gasteiger charge is -2.19. The molecule has 4 nitrogen and oxygen atoms in total. The van der Waals surface area contributed by atoms with Crippen molar-refractivity contribution in [2.75, 3.05) is 19.8 Å². The van der Waals surface area contributed by atoms with Gasteiger partial charge in [-0.3, -0.25) is 4.79 Å². The van der Waals surface area contributed by atoms with Gasteiger partial charge in [0, 0.05) is 17.5 Å². The van der Waals surface area contributed by atoms with E-state index in [9.17, 15) is 4.79 Å². The SMILES string of the molecule is C=CCN(Cc1ccc(Cl)s1)C(=O)/C=C/c1ccc2c(c1)OCCO2. The number of benzene rings is 1. The zero-order valence-electron chi connectivity index (χ0n) is 13.6. The number of hydrogen-bond acceptors (Lipinski definition) is 4. The lowest BCUT2D eigenvalue weighted by Crippen LogP contribution is -2.28. The van der Waals surface area contributed by atoms with Crippen LogP contribution in [-0.4, -0.2) is 30.6 Å². The molecule has 3 rings (SSSR count). The van der Waals surface area contributed by atoms with Crippen molar-refractivity contribution in [2.45, 2.75) is 6.54 Å². The van der Waals surface area contributed by atoms with Crippen LogP contribution in [0.1, 0.15) is 10.4 Å². The Morgan fingerprint density at radius 3 is 2.76 bits per heavy atom. The van der Waals surface area contributed by atoms with E-state index in [0.717, 1.165) is 16.2 Å². The number of carbonyl (C=O) groups excluding carboxylic acids is 1. The first kappa shape index (κ1) is 17.6. The smallest absolute Gasteiger partial charge is 0.247 e. The molecule has 6 heteroatoms. The van der Waals surface area contributed by atoms with Crippen LogP contribution >= 0.6 is 22.9 Å². The standard InChI is InChI=1S/C19H18ClNO3S/c1-2-9-21(13-15-5-7-18(20)25-15)19(22)8-4-14-3-6-16-17(12-14)24-11-10-23-16/h2-8,12H,1,9-11,13H2/b8-4+. The molecule has 1 aromatic carbocycles. The van der Waals surface area contributed by atoms with Gasteiger partial charge in [-0.2, -0.15) is 0 Å². The van der Waals surface area contributed by atoms with Gasteiger partial charge in [0.2, 0.25) is 5.91 Å². The van der Waals surface area contributed by atoms with E-state index in [-0.39, 0.29) is 5.91 Å². The van der Waals surface area contributed by atoms with Crippen LogP contribution in [0.5, 0.6) is 11.5 Å². The molecule has 0 spiro atoms. The molecule has 0 N–H and O–H groups in total. The fourth-order valence-electron chi connectivity index (χ4n) is 2.45. The highest BCUT2D eigenvalue weighted by Crippen LogP contribution is 2.31. The summed E-state index contributed by atoms with van der Waals surface area (Å²) in [4.78, 5) is 15.3. The van der Waals surface area contributed by atoms with Gasteiger partial charge in [-0.05, 0) is 35.9 Å². The average molecular weight is 376 g/mol. The summed E-state index contributed by atoms with van der Waals surface area (Å²) in [6, 6.07) is 9.39. The predicted octanol–water partition coefficient (Wildman–Crippen LogP) is 4.40. The van der Waals surface area contributed by atoms with Crippen molar-refractivity contribution in [2.24, 2.45) is 0 Å². The number of carbonyl (C=O) groups is 1. The molecule has 0 radical (unpaired) electrons. The number of rotatable bonds is 6. The Labute approximate surface area is 155 Å². The molecule has 2 aromatic rings. The van der Waals surface area contributed by atoms with Crippen LogP contribution in [-0.2, 0) is 11.3 Å². The molecule has 1 aliphatic heterocycles. The summed E-state index contributed by atoms with van der Waals surface area (Å²) < 4.78 is 11.8. The molecule has 1 amide bonds. The summed E-state index contributed by atoms with van der Waals surface area (Å²) in [5, 5.41) is 0. The maximum absolute atomic E-state index is 12.5. The summed E-state index contributed by atoms with van der Waals surface area (Å²) in [6.07, 6.45) is 5.05. The Morgan fingerprint density at radius 2 is 2.04 bits per heavy atom. The van der Waals surface area contributed by atoms with Gasteiger partial charge in [-0.1, -0.05) is 23.7 Å². The topological polar surface area (TPSA) is 38.8 Å². The molecule has 2 heterocycles. The molecule has 0 unspecified atom stereocenters. The number of halogens is 1. The molecule has 0 aliphatic carbocycles. The van der Waals surface area contributed by atoms with Crippen LogP contribution in [0.2, 0.25) is 4.34 Å². The van der Waals surface area contributed by atoms with E-state index in [4.69, 9.17) is 21.1 Å². The number of nitrogens with zero attached hydrogens (tertiary/aromatic N) is 1. The quantitative estimate of drug-likeness (QED) is 0.554. The largest absolute Gasteiger partial charge is 0.486 e. The number of ether oxygens (including phenoxy) is 2. The van der Waals surface area contributed by atoms with E-state index in [1.165, 1.54) is 11.3 Å². The van der Waals surface area contributed by atoms with Crippen molar-refractivity contribution in [3.05, 3.63) is 63.8 Å². The van der Waals surface area contributed by atoms with E-state index in [1.54, 1.807) is 23.1 Å². The number of fused-ring (bicyclic) bond motifs is 1. The van der Waals surface area contributed by atoms with Crippen LogP contribution < -0.4 is 9.47 Å². The molecule has 0 saturated heterocycles. The first-order valence-corrected chi connectivity index (χ1v) is 9.07. The average Bonchev–Trinajstić information content (AvgIpc) is 3.04. The molecule has 1 aromatic heterocycles. The molecule has 0 saturated carbocycles. The number of thiophene rings is 1. The molecular weight excluding hydrogens is 358 g/mol. The van der Waals surface area contributed by atoms with Crippen molar-refractivity contribution < 1.29 is 14.3 Å². The molecule has 0 bridgehead atoms.